The summed E-state index contributed by atoms with van der Waals surface area (Å²) in [6.07, 6.45) is 2.24. The molecular weight excluding hydrogens is 350 g/mol. The fourth-order valence-electron chi connectivity index (χ4n) is 5.33. The van der Waals surface area contributed by atoms with Gasteiger partial charge in [0.2, 0.25) is 0 Å². The zero-order valence-corrected chi connectivity index (χ0v) is 16.2. The molecule has 0 radical (unpaired) electrons. The Bertz CT molecular complexity index is 748. The molecule has 1 aromatic rings. The second kappa shape index (κ2) is 6.52. The highest BCUT2D eigenvalue weighted by molar-refractivity contribution is 5.94. The Hall–Kier alpha value is -1.53. The lowest BCUT2D eigenvalue weighted by Crippen LogP contribution is -2.42. The van der Waals surface area contributed by atoms with E-state index in [9.17, 15) is 13.6 Å². The van der Waals surface area contributed by atoms with Crippen molar-refractivity contribution in [1.29, 1.82) is 0 Å². The highest BCUT2D eigenvalue weighted by Gasteiger charge is 2.62. The number of benzene rings is 1. The molecule has 4 rings (SSSR count). The van der Waals surface area contributed by atoms with Gasteiger partial charge in [-0.3, -0.25) is 9.69 Å². The quantitative estimate of drug-likeness (QED) is 0.875. The largest absolute Gasteiger partial charge is 0.370 e. The van der Waals surface area contributed by atoms with Gasteiger partial charge in [-0.25, -0.2) is 8.78 Å². The molecule has 0 aliphatic carbocycles. The van der Waals surface area contributed by atoms with E-state index in [4.69, 9.17) is 4.74 Å². The van der Waals surface area contributed by atoms with Crippen molar-refractivity contribution >= 4 is 5.91 Å². The van der Waals surface area contributed by atoms with Crippen molar-refractivity contribution in [3.63, 3.8) is 0 Å². The number of nitrogens with zero attached hydrogens (tertiary/aromatic N) is 1. The number of hydrogen-bond donors (Lipinski definition) is 1. The van der Waals surface area contributed by atoms with Crippen LogP contribution in [0.25, 0.3) is 0 Å². The lowest BCUT2D eigenvalue weighted by Gasteiger charge is -2.29. The van der Waals surface area contributed by atoms with Gasteiger partial charge in [-0.15, -0.1) is 0 Å². The monoisotopic (exact) mass is 378 g/mol. The molecule has 1 amide bonds. The van der Waals surface area contributed by atoms with Crippen LogP contribution in [-0.4, -0.2) is 48.7 Å². The molecule has 2 bridgehead atoms. The number of amides is 1. The fraction of sp³-hybridized carbons (Fsp3) is 0.667. The fourth-order valence-corrected chi connectivity index (χ4v) is 5.33. The first kappa shape index (κ1) is 18.8. The van der Waals surface area contributed by atoms with Crippen LogP contribution in [0, 0.1) is 28.9 Å². The Morgan fingerprint density at radius 1 is 1.37 bits per heavy atom. The Balaban J connectivity index is 1.43. The third kappa shape index (κ3) is 3.49. The number of ether oxygens (including phenoxy) is 1. The molecule has 3 heterocycles. The molecule has 0 saturated carbocycles. The van der Waals surface area contributed by atoms with E-state index >= 15 is 0 Å². The van der Waals surface area contributed by atoms with E-state index in [1.807, 2.05) is 0 Å². The van der Waals surface area contributed by atoms with Crippen molar-refractivity contribution in [2.75, 3.05) is 26.2 Å². The van der Waals surface area contributed by atoms with Gasteiger partial charge in [-0.2, -0.15) is 0 Å². The Morgan fingerprint density at radius 2 is 2.15 bits per heavy atom. The molecule has 3 fully saturated rings. The molecule has 3 aliphatic heterocycles. The number of rotatable bonds is 4. The van der Waals surface area contributed by atoms with Gasteiger partial charge in [0.15, 0.2) is 0 Å². The average Bonchev–Trinajstić information content (AvgIpc) is 3.21. The van der Waals surface area contributed by atoms with E-state index in [1.54, 1.807) is 0 Å². The summed E-state index contributed by atoms with van der Waals surface area (Å²) in [5, 5.41) is 2.82. The maximum Gasteiger partial charge on any atom is 0.254 e. The molecule has 4 nitrogen and oxygen atoms in total. The van der Waals surface area contributed by atoms with Crippen LogP contribution in [-0.2, 0) is 4.74 Å². The van der Waals surface area contributed by atoms with Crippen molar-refractivity contribution in [2.24, 2.45) is 17.3 Å². The van der Waals surface area contributed by atoms with Crippen molar-refractivity contribution in [2.45, 2.75) is 45.3 Å². The molecule has 6 heteroatoms. The number of nitrogens with one attached hydrogen (secondary N) is 1. The number of carbonyl (C=O) groups excluding carboxylic acids is 1. The molecule has 1 aromatic carbocycles. The van der Waals surface area contributed by atoms with Crippen LogP contribution >= 0.6 is 0 Å². The molecule has 27 heavy (non-hydrogen) atoms. The summed E-state index contributed by atoms with van der Waals surface area (Å²) in [4.78, 5) is 14.8. The summed E-state index contributed by atoms with van der Waals surface area (Å²) < 4.78 is 33.6. The van der Waals surface area contributed by atoms with Gasteiger partial charge in [0.25, 0.3) is 5.91 Å². The predicted octanol–water partition coefficient (Wildman–Crippen LogP) is 3.22. The third-order valence-corrected chi connectivity index (χ3v) is 6.22. The molecule has 0 unspecified atom stereocenters. The van der Waals surface area contributed by atoms with Gasteiger partial charge in [-0.1, -0.05) is 20.8 Å². The maximum absolute atomic E-state index is 13.8. The lowest BCUT2D eigenvalue weighted by atomic mass is 9.73. The molecule has 3 saturated heterocycles. The van der Waals surface area contributed by atoms with Crippen LogP contribution in [0.3, 0.4) is 0 Å². The summed E-state index contributed by atoms with van der Waals surface area (Å²) in [7, 11) is 0. The molecule has 1 spiro atoms. The maximum atomic E-state index is 13.8. The summed E-state index contributed by atoms with van der Waals surface area (Å²) in [6, 6.07) is 2.95. The number of likely N-dealkylation sites (tertiary alicyclic amines) is 1. The highest BCUT2D eigenvalue weighted by Crippen LogP contribution is 2.54. The van der Waals surface area contributed by atoms with E-state index in [0.717, 1.165) is 50.7 Å². The van der Waals surface area contributed by atoms with Crippen molar-refractivity contribution < 1.29 is 18.3 Å². The van der Waals surface area contributed by atoms with Gasteiger partial charge >= 0.3 is 0 Å². The smallest absolute Gasteiger partial charge is 0.254 e. The number of fused-ring (bicyclic) bond motifs is 1. The number of hydrogen-bond acceptors (Lipinski definition) is 3. The molecule has 1 N–H and O–H groups in total. The van der Waals surface area contributed by atoms with Gasteiger partial charge < -0.3 is 10.1 Å². The van der Waals surface area contributed by atoms with E-state index < -0.39 is 17.5 Å². The highest BCUT2D eigenvalue weighted by atomic mass is 19.1. The minimum Gasteiger partial charge on any atom is -0.370 e. The molecule has 4 atom stereocenters. The average molecular weight is 378 g/mol. The van der Waals surface area contributed by atoms with Crippen LogP contribution in [0.5, 0.6) is 0 Å². The number of carbonyl (C=O) groups is 1. The summed E-state index contributed by atoms with van der Waals surface area (Å²) in [5.41, 5.74) is -0.101. The Labute approximate surface area is 159 Å². The van der Waals surface area contributed by atoms with Gasteiger partial charge in [0.05, 0.1) is 17.3 Å². The second-order valence-corrected chi connectivity index (χ2v) is 9.59. The van der Waals surface area contributed by atoms with Gasteiger partial charge in [-0.05, 0) is 36.5 Å². The van der Waals surface area contributed by atoms with E-state index in [2.05, 4.69) is 31.0 Å². The van der Waals surface area contributed by atoms with Crippen molar-refractivity contribution in [3.05, 3.63) is 35.4 Å². The first-order valence-corrected chi connectivity index (χ1v) is 9.80. The Kier molecular flexibility index (Phi) is 4.54. The van der Waals surface area contributed by atoms with E-state index in [0.29, 0.717) is 12.5 Å². The third-order valence-electron chi connectivity index (χ3n) is 6.22. The molecule has 148 valence electrons. The minimum absolute atomic E-state index is 0.0879. The van der Waals surface area contributed by atoms with E-state index in [-0.39, 0.29) is 28.6 Å². The van der Waals surface area contributed by atoms with Gasteiger partial charge in [0, 0.05) is 38.0 Å². The minimum atomic E-state index is -0.702. The van der Waals surface area contributed by atoms with Crippen LogP contribution < -0.4 is 5.32 Å². The predicted molar refractivity (Wildman–Crippen MR) is 98.4 cm³/mol. The molecule has 0 aromatic heterocycles. The lowest BCUT2D eigenvalue weighted by molar-refractivity contribution is 0.000432. The number of halogens is 2. The standard InChI is InChI=1S/C21H28F2N2O2/c1-20(2,3)11-25-10-16-15(18-6-7-21(16,12-25)27-18)9-24-19(26)14-8-13(22)4-5-17(14)23/h4-5,8,15-16,18H,6-7,9-12H2,1-3H3,(H,24,26)/t15-,16+,18+,21+/m0/s1. The van der Waals surface area contributed by atoms with Gasteiger partial charge in [0.1, 0.15) is 11.6 Å². The summed E-state index contributed by atoms with van der Waals surface area (Å²) in [6.45, 7) is 10.1. The van der Waals surface area contributed by atoms with Crippen molar-refractivity contribution in [1.82, 2.24) is 10.2 Å². The summed E-state index contributed by atoms with van der Waals surface area (Å²) in [5.74, 6) is -1.27. The van der Waals surface area contributed by atoms with Crippen LogP contribution in [0.1, 0.15) is 44.0 Å². The first-order valence-electron chi connectivity index (χ1n) is 9.80. The first-order chi connectivity index (χ1) is 12.7. The SMILES string of the molecule is CC(C)(C)CN1C[C@@H]2[C@H](CNC(=O)c3cc(F)ccc3F)[C@H]3CC[C@]2(C1)O3. The summed E-state index contributed by atoms with van der Waals surface area (Å²) >= 11 is 0. The molecular formula is C21H28F2N2O2. The zero-order valence-electron chi connectivity index (χ0n) is 16.2. The molecule has 3 aliphatic rings. The Morgan fingerprint density at radius 3 is 2.89 bits per heavy atom. The van der Waals surface area contributed by atoms with Crippen LogP contribution in [0.2, 0.25) is 0 Å². The van der Waals surface area contributed by atoms with Crippen LogP contribution in [0.4, 0.5) is 8.78 Å². The topological polar surface area (TPSA) is 41.6 Å². The zero-order chi connectivity index (χ0) is 19.4. The van der Waals surface area contributed by atoms with E-state index in [1.165, 1.54) is 0 Å². The normalized spacial score (nSPS) is 32.7. The second-order valence-electron chi connectivity index (χ2n) is 9.59. The van der Waals surface area contributed by atoms with Crippen LogP contribution in [0.15, 0.2) is 18.2 Å². The van der Waals surface area contributed by atoms with Crippen molar-refractivity contribution in [3.8, 4) is 0 Å².